The third-order valence-corrected chi connectivity index (χ3v) is 13.0. The molecular weight excluding hydrogens is 752 g/mol. The van der Waals surface area contributed by atoms with Crippen LogP contribution in [0.5, 0.6) is 0 Å². The number of carbonyl (C=O) groups excluding carboxylic acids is 2. The van der Waals surface area contributed by atoms with Crippen LogP contribution in [-0.2, 0) is 21.5 Å². The lowest BCUT2D eigenvalue weighted by molar-refractivity contribution is -0.134. The Labute approximate surface area is 332 Å². The number of rotatable bonds is 6. The molecule has 8 heterocycles. The monoisotopic (exact) mass is 791 g/mol. The predicted molar refractivity (Wildman–Crippen MR) is 212 cm³/mol. The fourth-order valence-electron chi connectivity index (χ4n) is 9.63. The molecule has 11 rings (SSSR count). The minimum atomic E-state index is -1.02. The first kappa shape index (κ1) is 35.9. The average Bonchev–Trinajstić information content (AvgIpc) is 3.42. The minimum Gasteiger partial charge on any atom is -0.368 e. The Balaban J connectivity index is 0.776. The van der Waals surface area contributed by atoms with Crippen LogP contribution in [0.3, 0.4) is 0 Å². The third kappa shape index (κ3) is 5.86. The first-order valence-electron chi connectivity index (χ1n) is 19.5. The highest BCUT2D eigenvalue weighted by Crippen LogP contribution is 2.45. The van der Waals surface area contributed by atoms with Crippen LogP contribution in [0.2, 0.25) is 5.02 Å². The van der Waals surface area contributed by atoms with Crippen molar-refractivity contribution in [2.45, 2.75) is 63.1 Å². The Hall–Kier alpha value is -5.47. The Kier molecular flexibility index (Phi) is 8.38. The van der Waals surface area contributed by atoms with Crippen molar-refractivity contribution in [2.24, 2.45) is 0 Å². The summed E-state index contributed by atoms with van der Waals surface area (Å²) in [6.07, 6.45) is 4.92. The lowest BCUT2D eigenvalue weighted by Gasteiger charge is -2.57. The van der Waals surface area contributed by atoms with Gasteiger partial charge in [-0.1, -0.05) is 23.7 Å². The normalized spacial score (nSPS) is 22.7. The van der Waals surface area contributed by atoms with Gasteiger partial charge in [-0.25, -0.2) is 13.8 Å². The zero-order valence-corrected chi connectivity index (χ0v) is 32.3. The van der Waals surface area contributed by atoms with Gasteiger partial charge in [0.2, 0.25) is 11.8 Å². The van der Waals surface area contributed by atoms with Gasteiger partial charge in [-0.2, -0.15) is 4.98 Å². The van der Waals surface area contributed by atoms with Gasteiger partial charge in [-0.05, 0) is 68.7 Å². The standard InChI is InChI=1S/C42H40ClF2N9O3/c1-42(2)29-8-6-24(17-34(29)54-33-5-3-4-30(43)38(33)40(57)49-41(42)54)52-21-26-14-27(22-52)53(26)20-23-18-47-35(19-46-23)51-12-10-50(11-13-51)25-15-31(44)37(32(45)16-25)28-7-9-36(55)48-39(28)56/h3-6,8,15-19,26-28H,7,9-14,20-22H2,1-2H3,(H,48,55,56). The van der Waals surface area contributed by atoms with E-state index in [1.807, 2.05) is 29.4 Å². The maximum Gasteiger partial charge on any atom is 0.282 e. The fraction of sp³-hybridized carbons (Fsp3) is 0.381. The number of fused-ring (bicyclic) bond motifs is 7. The van der Waals surface area contributed by atoms with Crippen molar-refractivity contribution in [1.29, 1.82) is 0 Å². The maximum absolute atomic E-state index is 15.2. The van der Waals surface area contributed by atoms with Gasteiger partial charge in [-0.15, -0.1) is 0 Å². The number of anilines is 3. The molecule has 6 aliphatic rings. The largest absolute Gasteiger partial charge is 0.368 e. The molecule has 2 aromatic heterocycles. The van der Waals surface area contributed by atoms with E-state index in [2.05, 4.69) is 61.6 Å². The highest BCUT2D eigenvalue weighted by Gasteiger charge is 2.45. The Morgan fingerprint density at radius 2 is 1.61 bits per heavy atom. The van der Waals surface area contributed by atoms with Gasteiger partial charge in [0.1, 0.15) is 23.3 Å². The van der Waals surface area contributed by atoms with Crippen LogP contribution in [0.25, 0.3) is 16.6 Å². The van der Waals surface area contributed by atoms with Gasteiger partial charge in [0.25, 0.3) is 5.56 Å². The van der Waals surface area contributed by atoms with E-state index in [0.29, 0.717) is 60.9 Å². The zero-order valence-electron chi connectivity index (χ0n) is 31.5. The molecule has 3 atom stereocenters. The summed E-state index contributed by atoms with van der Waals surface area (Å²) in [5.41, 5.74) is 4.37. The number of halogens is 3. The summed E-state index contributed by atoms with van der Waals surface area (Å²) in [7, 11) is 0. The Morgan fingerprint density at radius 3 is 2.32 bits per heavy atom. The van der Waals surface area contributed by atoms with E-state index in [0.717, 1.165) is 59.3 Å². The van der Waals surface area contributed by atoms with Crippen molar-refractivity contribution >= 4 is 51.5 Å². The summed E-state index contributed by atoms with van der Waals surface area (Å²) >= 11 is 6.50. The lowest BCUT2D eigenvalue weighted by atomic mass is 9.84. The van der Waals surface area contributed by atoms with Crippen LogP contribution in [0.4, 0.5) is 26.0 Å². The molecular formula is C42H40ClF2N9O3. The SMILES string of the molecule is CC1(C)c2ccc(N3CC4CC(C3)N4Cc3cnc(N4CCN(c5cc(F)c(C6CCC(=O)NC6=O)c(F)c5)CC4)cn3)cc2-n2c1nc(=O)c1c(Cl)cccc12. The summed E-state index contributed by atoms with van der Waals surface area (Å²) in [5, 5.41) is 3.02. The quantitative estimate of drug-likeness (QED) is 0.234. The number of imide groups is 1. The van der Waals surface area contributed by atoms with Crippen molar-refractivity contribution in [1.82, 2.24) is 29.7 Å². The van der Waals surface area contributed by atoms with Crippen molar-refractivity contribution in [2.75, 3.05) is 54.0 Å². The number of nitrogens with zero attached hydrogens (tertiary/aromatic N) is 8. The highest BCUT2D eigenvalue weighted by molar-refractivity contribution is 6.35. The summed E-state index contributed by atoms with van der Waals surface area (Å²) in [6.45, 7) is 8.98. The molecule has 5 saturated heterocycles. The summed E-state index contributed by atoms with van der Waals surface area (Å²) in [5.74, 6) is -2.20. The second kappa shape index (κ2) is 13.3. The molecule has 57 heavy (non-hydrogen) atoms. The Morgan fingerprint density at radius 1 is 0.877 bits per heavy atom. The molecule has 1 N–H and O–H groups in total. The average molecular weight is 792 g/mol. The molecule has 5 fully saturated rings. The summed E-state index contributed by atoms with van der Waals surface area (Å²) in [6, 6.07) is 15.5. The second-order valence-electron chi connectivity index (χ2n) is 16.3. The van der Waals surface area contributed by atoms with E-state index in [-0.39, 0.29) is 24.0 Å². The van der Waals surface area contributed by atoms with Gasteiger partial charge in [0, 0.05) is 81.3 Å². The van der Waals surface area contributed by atoms with Gasteiger partial charge < -0.3 is 14.7 Å². The molecule has 0 aliphatic carbocycles. The molecule has 6 aliphatic heterocycles. The van der Waals surface area contributed by atoms with E-state index in [9.17, 15) is 14.4 Å². The molecule has 3 aromatic carbocycles. The number of hydrogen-bond acceptors (Lipinski definition) is 10. The minimum absolute atomic E-state index is 0.0485. The van der Waals surface area contributed by atoms with Crippen molar-refractivity contribution < 1.29 is 18.4 Å². The van der Waals surface area contributed by atoms with Gasteiger partial charge >= 0.3 is 0 Å². The molecule has 5 aromatic rings. The molecule has 12 nitrogen and oxygen atoms in total. The van der Waals surface area contributed by atoms with E-state index < -0.39 is 34.8 Å². The summed E-state index contributed by atoms with van der Waals surface area (Å²) in [4.78, 5) is 60.0. The predicted octanol–water partition coefficient (Wildman–Crippen LogP) is 5.06. The molecule has 3 unspecified atom stereocenters. The van der Waals surface area contributed by atoms with Crippen molar-refractivity contribution in [3.63, 3.8) is 0 Å². The molecule has 0 spiro atoms. The summed E-state index contributed by atoms with van der Waals surface area (Å²) < 4.78 is 32.5. The zero-order chi connectivity index (χ0) is 39.3. The molecule has 2 amide bonds. The number of piperidine rings is 2. The molecule has 0 saturated carbocycles. The molecule has 292 valence electrons. The number of carbonyl (C=O) groups is 2. The Bertz CT molecular complexity index is 2520. The van der Waals surface area contributed by atoms with E-state index in [1.165, 1.54) is 12.1 Å². The first-order chi connectivity index (χ1) is 27.4. The topological polar surface area (TPSA) is 120 Å². The fourth-order valence-corrected chi connectivity index (χ4v) is 9.88. The van der Waals surface area contributed by atoms with Crippen molar-refractivity contribution in [3.05, 3.63) is 111 Å². The van der Waals surface area contributed by atoms with Crippen LogP contribution in [-0.4, -0.2) is 87.6 Å². The number of benzene rings is 3. The van der Waals surface area contributed by atoms with Crippen LogP contribution in [0.15, 0.2) is 65.7 Å². The first-order valence-corrected chi connectivity index (χ1v) is 19.8. The van der Waals surface area contributed by atoms with Gasteiger partial charge in [0.15, 0.2) is 0 Å². The van der Waals surface area contributed by atoms with Gasteiger partial charge in [0.05, 0.1) is 51.0 Å². The van der Waals surface area contributed by atoms with E-state index in [1.54, 1.807) is 6.07 Å². The number of nitrogens with one attached hydrogen (secondary N) is 1. The van der Waals surface area contributed by atoms with Crippen LogP contribution >= 0.6 is 11.6 Å². The van der Waals surface area contributed by atoms with Crippen LogP contribution in [0.1, 0.15) is 61.7 Å². The van der Waals surface area contributed by atoms with Gasteiger partial charge in [-0.3, -0.25) is 34.2 Å². The number of amides is 2. The lowest BCUT2D eigenvalue weighted by Crippen LogP contribution is -2.68. The second-order valence-corrected chi connectivity index (χ2v) is 16.7. The number of piperazine rings is 2. The van der Waals surface area contributed by atoms with E-state index in [4.69, 9.17) is 21.6 Å². The number of hydrogen-bond donors (Lipinski definition) is 1. The smallest absolute Gasteiger partial charge is 0.282 e. The van der Waals surface area contributed by atoms with E-state index >= 15 is 8.78 Å². The molecule has 2 bridgehead atoms. The van der Waals surface area contributed by atoms with Crippen LogP contribution < -0.4 is 25.6 Å². The third-order valence-electron chi connectivity index (χ3n) is 12.7. The molecule has 0 radical (unpaired) electrons. The van der Waals surface area contributed by atoms with Crippen LogP contribution in [0, 0.1) is 11.6 Å². The van der Waals surface area contributed by atoms with Crippen molar-refractivity contribution in [3.8, 4) is 5.69 Å². The highest BCUT2D eigenvalue weighted by atomic mass is 35.5. The molecule has 15 heteroatoms. The maximum atomic E-state index is 15.2. The number of aromatic nitrogens is 4.